The van der Waals surface area contributed by atoms with Crippen molar-refractivity contribution in [2.75, 3.05) is 33.4 Å². The van der Waals surface area contributed by atoms with Gasteiger partial charge in [-0.2, -0.15) is 10.5 Å². The number of carbonyl (C=O) groups is 1. The lowest BCUT2D eigenvalue weighted by Gasteiger charge is -2.33. The average Bonchev–Trinajstić information content (AvgIpc) is 3.51. The molecule has 2 aliphatic rings. The van der Waals surface area contributed by atoms with E-state index in [-0.39, 0.29) is 11.6 Å². The van der Waals surface area contributed by atoms with E-state index in [1.807, 2.05) is 25.7 Å². The van der Waals surface area contributed by atoms with Crippen molar-refractivity contribution < 1.29 is 13.6 Å². The highest BCUT2D eigenvalue weighted by Crippen LogP contribution is 2.37. The van der Waals surface area contributed by atoms with Crippen molar-refractivity contribution >= 4 is 18.0 Å². The highest BCUT2D eigenvalue weighted by molar-refractivity contribution is 6.31. The summed E-state index contributed by atoms with van der Waals surface area (Å²) in [5.41, 5.74) is 7.43. The summed E-state index contributed by atoms with van der Waals surface area (Å²) in [7, 11) is 2.06. The van der Waals surface area contributed by atoms with Gasteiger partial charge in [-0.3, -0.25) is 4.79 Å². The molecule has 1 amide bonds. The molecule has 2 heterocycles. The SMILES string of the molecule is CC.CN(CCCc1ccc(F)cc1F)C(C)(C)C.Cc1cc([C@H](C)N2N=NCN2)c(C2CCN(C=O)CC2)cc1Cl. The van der Waals surface area contributed by atoms with Crippen LogP contribution in [0.2, 0.25) is 5.02 Å². The zero-order chi connectivity index (χ0) is 31.4. The van der Waals surface area contributed by atoms with Crippen molar-refractivity contribution in [2.45, 2.75) is 91.6 Å². The van der Waals surface area contributed by atoms with Crippen LogP contribution in [0.25, 0.3) is 0 Å². The van der Waals surface area contributed by atoms with E-state index in [0.29, 0.717) is 24.6 Å². The molecular formula is C32H49ClF2N6O. The third-order valence-electron chi connectivity index (χ3n) is 7.86. The van der Waals surface area contributed by atoms with Crippen LogP contribution in [0.5, 0.6) is 0 Å². The first-order valence-electron chi connectivity index (χ1n) is 14.9. The molecule has 1 atom stereocenters. The highest BCUT2D eigenvalue weighted by atomic mass is 35.5. The van der Waals surface area contributed by atoms with Gasteiger partial charge in [0, 0.05) is 29.7 Å². The van der Waals surface area contributed by atoms with Crippen molar-refractivity contribution in [1.29, 1.82) is 0 Å². The van der Waals surface area contributed by atoms with Crippen molar-refractivity contribution in [1.82, 2.24) is 20.3 Å². The lowest BCUT2D eigenvalue weighted by atomic mass is 9.84. The van der Waals surface area contributed by atoms with E-state index in [1.165, 1.54) is 23.3 Å². The minimum absolute atomic E-state index is 0.0799. The van der Waals surface area contributed by atoms with Gasteiger partial charge in [-0.1, -0.05) is 42.8 Å². The summed E-state index contributed by atoms with van der Waals surface area (Å²) in [4.78, 5) is 15.0. The number of likely N-dealkylation sites (tertiary alicyclic amines) is 1. The van der Waals surface area contributed by atoms with E-state index in [2.05, 4.69) is 67.5 Å². The summed E-state index contributed by atoms with van der Waals surface area (Å²) in [5.74, 6) is -0.539. The zero-order valence-electron chi connectivity index (χ0n) is 26.6. The average molecular weight is 607 g/mol. The van der Waals surface area contributed by atoms with Crippen LogP contribution in [0, 0.1) is 18.6 Å². The smallest absolute Gasteiger partial charge is 0.209 e. The molecule has 0 unspecified atom stereocenters. The number of carbonyl (C=O) groups excluding carboxylic acids is 1. The fourth-order valence-corrected chi connectivity index (χ4v) is 5.07. The molecule has 0 aromatic heterocycles. The number of aryl methyl sites for hydroxylation is 2. The molecule has 10 heteroatoms. The van der Waals surface area contributed by atoms with Gasteiger partial charge in [0.05, 0.1) is 6.04 Å². The minimum Gasteiger partial charge on any atom is -0.345 e. The summed E-state index contributed by atoms with van der Waals surface area (Å²) >= 11 is 6.39. The molecule has 234 valence electrons. The Balaban J connectivity index is 0.000000290. The quantitative estimate of drug-likeness (QED) is 0.311. The second-order valence-electron chi connectivity index (χ2n) is 11.6. The zero-order valence-corrected chi connectivity index (χ0v) is 27.3. The number of hydrogen-bond donors (Lipinski definition) is 1. The van der Waals surface area contributed by atoms with Gasteiger partial charge in [0.1, 0.15) is 18.3 Å². The molecule has 1 saturated heterocycles. The summed E-state index contributed by atoms with van der Waals surface area (Å²) in [6, 6.07) is 8.12. The third kappa shape index (κ3) is 10.3. The number of amides is 1. The highest BCUT2D eigenvalue weighted by Gasteiger charge is 2.27. The standard InChI is InChI=1S/C16H22ClN5O.C14H21F2N.C2H6/c1-11-7-14(12(2)22-19-9-18-20-22)15(8-16(11)17)13-3-5-21(10-23)6-4-13;1-14(2,3)17(4)9-5-6-11-7-8-12(15)10-13(11)16;1-2/h7-8,10,12-13,19H,3-6,9H2,1-2H3;7-8,10H,5-6,9H2,1-4H3;1-2H3/t12-;;/m0../s1. The monoisotopic (exact) mass is 606 g/mol. The molecule has 2 aromatic rings. The van der Waals surface area contributed by atoms with Gasteiger partial charge in [0.15, 0.2) is 0 Å². The molecule has 1 fully saturated rings. The number of piperidine rings is 1. The van der Waals surface area contributed by atoms with E-state index in [4.69, 9.17) is 11.6 Å². The maximum atomic E-state index is 13.4. The Morgan fingerprint density at radius 2 is 1.83 bits per heavy atom. The van der Waals surface area contributed by atoms with Gasteiger partial charge < -0.3 is 9.80 Å². The van der Waals surface area contributed by atoms with Crippen molar-refractivity contribution in [3.05, 3.63) is 69.2 Å². The number of halogens is 3. The van der Waals surface area contributed by atoms with E-state index >= 15 is 0 Å². The van der Waals surface area contributed by atoms with Gasteiger partial charge in [-0.05, 0) is 114 Å². The molecular weight excluding hydrogens is 558 g/mol. The molecule has 0 aliphatic carbocycles. The first kappa shape index (κ1) is 35.6. The Labute approximate surface area is 256 Å². The molecule has 4 rings (SSSR count). The van der Waals surface area contributed by atoms with E-state index in [9.17, 15) is 13.6 Å². The minimum atomic E-state index is -0.516. The predicted molar refractivity (Wildman–Crippen MR) is 167 cm³/mol. The lowest BCUT2D eigenvalue weighted by molar-refractivity contribution is -0.119. The first-order valence-corrected chi connectivity index (χ1v) is 15.3. The maximum absolute atomic E-state index is 13.4. The third-order valence-corrected chi connectivity index (χ3v) is 8.27. The Hall–Kier alpha value is -2.62. The van der Waals surface area contributed by atoms with Gasteiger partial charge in [-0.15, -0.1) is 0 Å². The second kappa shape index (κ2) is 16.9. The summed E-state index contributed by atoms with van der Waals surface area (Å²) in [6.07, 6.45) is 4.39. The van der Waals surface area contributed by atoms with E-state index in [1.54, 1.807) is 5.12 Å². The van der Waals surface area contributed by atoms with Gasteiger partial charge in [-0.25, -0.2) is 13.9 Å². The molecule has 0 radical (unpaired) electrons. The van der Waals surface area contributed by atoms with Gasteiger partial charge in [0.2, 0.25) is 6.41 Å². The Morgan fingerprint density at radius 3 is 2.38 bits per heavy atom. The maximum Gasteiger partial charge on any atom is 0.209 e. The molecule has 0 bridgehead atoms. The molecule has 0 saturated carbocycles. The molecule has 2 aromatic carbocycles. The van der Waals surface area contributed by atoms with Crippen LogP contribution in [-0.2, 0) is 11.2 Å². The molecule has 0 spiro atoms. The fraction of sp³-hybridized carbons (Fsp3) is 0.594. The van der Waals surface area contributed by atoms with Crippen molar-refractivity contribution in [2.24, 2.45) is 10.3 Å². The van der Waals surface area contributed by atoms with Crippen LogP contribution >= 0.6 is 11.6 Å². The topological polar surface area (TPSA) is 63.5 Å². The van der Waals surface area contributed by atoms with Crippen molar-refractivity contribution in [3.63, 3.8) is 0 Å². The summed E-state index contributed by atoms with van der Waals surface area (Å²) in [5, 5.41) is 10.7. The molecule has 2 aliphatic heterocycles. The predicted octanol–water partition coefficient (Wildman–Crippen LogP) is 7.84. The van der Waals surface area contributed by atoms with Crippen molar-refractivity contribution in [3.8, 4) is 0 Å². The van der Waals surface area contributed by atoms with Crippen LogP contribution < -0.4 is 5.43 Å². The van der Waals surface area contributed by atoms with Crippen LogP contribution in [0.4, 0.5) is 8.78 Å². The summed E-state index contributed by atoms with van der Waals surface area (Å²) in [6.45, 7) is 17.6. The van der Waals surface area contributed by atoms with E-state index in [0.717, 1.165) is 62.0 Å². The first-order chi connectivity index (χ1) is 19.9. The molecule has 1 N–H and O–H groups in total. The Morgan fingerprint density at radius 1 is 1.17 bits per heavy atom. The van der Waals surface area contributed by atoms with Gasteiger partial charge in [0.25, 0.3) is 0 Å². The number of hydrazine groups is 1. The van der Waals surface area contributed by atoms with Crippen LogP contribution in [-0.4, -0.2) is 60.2 Å². The second-order valence-corrected chi connectivity index (χ2v) is 12.1. The molecule has 7 nitrogen and oxygen atoms in total. The Kier molecular flexibility index (Phi) is 14.3. The van der Waals surface area contributed by atoms with E-state index < -0.39 is 11.6 Å². The fourth-order valence-electron chi connectivity index (χ4n) is 4.90. The Bertz CT molecular complexity index is 1160. The summed E-state index contributed by atoms with van der Waals surface area (Å²) < 4.78 is 26.1. The van der Waals surface area contributed by atoms with Crippen LogP contribution in [0.15, 0.2) is 40.7 Å². The largest absolute Gasteiger partial charge is 0.345 e. The van der Waals surface area contributed by atoms with Crippen LogP contribution in [0.3, 0.4) is 0 Å². The normalized spacial score (nSPS) is 16.1. The number of benzene rings is 2. The van der Waals surface area contributed by atoms with Gasteiger partial charge >= 0.3 is 0 Å². The number of hydrogen-bond acceptors (Lipinski definition) is 6. The van der Waals surface area contributed by atoms with Crippen LogP contribution in [0.1, 0.15) is 95.0 Å². The number of nitrogens with zero attached hydrogens (tertiary/aromatic N) is 5. The lowest BCUT2D eigenvalue weighted by Crippen LogP contribution is -2.38. The number of rotatable bonds is 8. The number of nitrogens with one attached hydrogen (secondary N) is 1. The molecule has 42 heavy (non-hydrogen) atoms.